The molecule has 0 aliphatic carbocycles. The Balaban J connectivity index is 1.71. The van der Waals surface area contributed by atoms with E-state index < -0.39 is 0 Å². The van der Waals surface area contributed by atoms with Crippen LogP contribution in [0, 0.1) is 6.92 Å². The Kier molecular flexibility index (Phi) is 7.13. The second-order valence-electron chi connectivity index (χ2n) is 6.19. The number of aliphatic imine (C=N–C) groups is 1. The van der Waals surface area contributed by atoms with Gasteiger partial charge in [0.15, 0.2) is 11.7 Å². The first kappa shape index (κ1) is 19.4. The summed E-state index contributed by atoms with van der Waals surface area (Å²) in [5.41, 5.74) is 1.78. The second-order valence-corrected chi connectivity index (χ2v) is 6.19. The van der Waals surface area contributed by atoms with Crippen LogP contribution in [0.2, 0.25) is 0 Å². The van der Waals surface area contributed by atoms with Crippen molar-refractivity contribution >= 4 is 17.7 Å². The van der Waals surface area contributed by atoms with Crippen LogP contribution in [-0.2, 0) is 11.3 Å². The molecule has 0 fully saturated rings. The molecule has 2 aromatic heterocycles. The number of nitrogens with one attached hydrogen (secondary N) is 3. The van der Waals surface area contributed by atoms with Gasteiger partial charge in [-0.25, -0.2) is 4.98 Å². The van der Waals surface area contributed by atoms with Crippen molar-refractivity contribution in [2.75, 3.05) is 18.9 Å². The van der Waals surface area contributed by atoms with Crippen LogP contribution in [0.1, 0.15) is 43.3 Å². The summed E-state index contributed by atoms with van der Waals surface area (Å²) in [5, 5.41) is 13.0. The van der Waals surface area contributed by atoms with E-state index in [2.05, 4.69) is 44.9 Å². The van der Waals surface area contributed by atoms with Crippen molar-refractivity contribution in [1.82, 2.24) is 20.8 Å². The van der Waals surface area contributed by atoms with Gasteiger partial charge in [-0.05, 0) is 25.0 Å². The Morgan fingerprint density at radius 2 is 2.12 bits per heavy atom. The summed E-state index contributed by atoms with van der Waals surface area (Å²) in [4.78, 5) is 20.3. The summed E-state index contributed by atoms with van der Waals surface area (Å²) in [6.45, 7) is 6.93. The van der Waals surface area contributed by atoms with E-state index in [1.807, 2.05) is 25.1 Å². The van der Waals surface area contributed by atoms with Crippen LogP contribution in [0.3, 0.4) is 0 Å². The molecule has 0 saturated carbocycles. The van der Waals surface area contributed by atoms with Crippen molar-refractivity contribution in [2.24, 2.45) is 4.99 Å². The topological polar surface area (TPSA) is 104 Å². The van der Waals surface area contributed by atoms with Gasteiger partial charge in [0.2, 0.25) is 5.91 Å². The molecule has 26 heavy (non-hydrogen) atoms. The second kappa shape index (κ2) is 9.55. The molecular formula is C18H26N6O2. The molecule has 2 rings (SSSR count). The van der Waals surface area contributed by atoms with Crippen LogP contribution >= 0.6 is 0 Å². The molecule has 8 heteroatoms. The minimum absolute atomic E-state index is 0.108. The number of amides is 1. The summed E-state index contributed by atoms with van der Waals surface area (Å²) in [5.74, 6) is 2.10. The number of pyridine rings is 1. The Labute approximate surface area is 153 Å². The molecule has 1 amide bonds. The fourth-order valence-electron chi connectivity index (χ4n) is 2.19. The van der Waals surface area contributed by atoms with Gasteiger partial charge in [-0.1, -0.05) is 25.1 Å². The zero-order valence-corrected chi connectivity index (χ0v) is 15.7. The molecule has 3 N–H and O–H groups in total. The van der Waals surface area contributed by atoms with Crippen LogP contribution in [0.25, 0.3) is 0 Å². The lowest BCUT2D eigenvalue weighted by atomic mass is 10.1. The minimum atomic E-state index is -0.108. The monoisotopic (exact) mass is 358 g/mol. The molecule has 0 saturated heterocycles. The highest BCUT2D eigenvalue weighted by molar-refractivity contribution is 5.90. The number of hydrogen-bond acceptors (Lipinski definition) is 5. The smallest absolute Gasteiger partial charge is 0.227 e. The average molecular weight is 358 g/mol. The molecule has 0 radical (unpaired) electrons. The SMILES string of the molecule is CN=C(NCCC(=O)Nc1cccc(C)n1)NCc1cc(C(C)C)no1. The number of nitrogens with zero attached hydrogens (tertiary/aromatic N) is 3. The lowest BCUT2D eigenvalue weighted by molar-refractivity contribution is -0.116. The first-order valence-electron chi connectivity index (χ1n) is 8.61. The molecule has 0 aliphatic heterocycles. The van der Waals surface area contributed by atoms with Gasteiger partial charge < -0.3 is 20.5 Å². The maximum Gasteiger partial charge on any atom is 0.227 e. The number of rotatable bonds is 7. The lowest BCUT2D eigenvalue weighted by Gasteiger charge is -2.10. The van der Waals surface area contributed by atoms with Gasteiger partial charge in [-0.3, -0.25) is 9.79 Å². The van der Waals surface area contributed by atoms with E-state index in [0.717, 1.165) is 17.1 Å². The van der Waals surface area contributed by atoms with Crippen LogP contribution in [0.15, 0.2) is 33.8 Å². The van der Waals surface area contributed by atoms with E-state index in [1.54, 1.807) is 13.1 Å². The third-order valence-corrected chi connectivity index (χ3v) is 3.62. The molecular weight excluding hydrogens is 332 g/mol. The summed E-state index contributed by atoms with van der Waals surface area (Å²) >= 11 is 0. The van der Waals surface area contributed by atoms with Crippen molar-refractivity contribution in [3.8, 4) is 0 Å². The molecule has 2 heterocycles. The Bertz CT molecular complexity index is 754. The van der Waals surface area contributed by atoms with Crippen LogP contribution in [0.5, 0.6) is 0 Å². The molecule has 0 spiro atoms. The highest BCUT2D eigenvalue weighted by atomic mass is 16.5. The highest BCUT2D eigenvalue weighted by Gasteiger charge is 2.09. The van der Waals surface area contributed by atoms with Crippen LogP contribution in [-0.4, -0.2) is 35.6 Å². The first-order valence-corrected chi connectivity index (χ1v) is 8.61. The number of aryl methyl sites for hydroxylation is 1. The van der Waals surface area contributed by atoms with Gasteiger partial charge in [-0.15, -0.1) is 0 Å². The minimum Gasteiger partial charge on any atom is -0.359 e. The van der Waals surface area contributed by atoms with Gasteiger partial charge in [0.25, 0.3) is 0 Å². The molecule has 0 aliphatic rings. The predicted molar refractivity (Wildman–Crippen MR) is 101 cm³/mol. The fourth-order valence-corrected chi connectivity index (χ4v) is 2.19. The predicted octanol–water partition coefficient (Wildman–Crippen LogP) is 2.20. The van der Waals surface area contributed by atoms with Gasteiger partial charge in [0, 0.05) is 31.8 Å². The maximum absolute atomic E-state index is 12.0. The number of aromatic nitrogens is 2. The van der Waals surface area contributed by atoms with Crippen molar-refractivity contribution in [2.45, 2.75) is 39.7 Å². The van der Waals surface area contributed by atoms with Gasteiger partial charge in [0.05, 0.1) is 12.2 Å². The summed E-state index contributed by atoms with van der Waals surface area (Å²) in [6, 6.07) is 7.43. The van der Waals surface area contributed by atoms with Gasteiger partial charge in [-0.2, -0.15) is 0 Å². The molecule has 0 unspecified atom stereocenters. The van der Waals surface area contributed by atoms with Crippen molar-refractivity contribution in [3.05, 3.63) is 41.4 Å². The number of carbonyl (C=O) groups excluding carboxylic acids is 1. The van der Waals surface area contributed by atoms with E-state index in [9.17, 15) is 4.79 Å². The van der Waals surface area contributed by atoms with E-state index in [4.69, 9.17) is 4.52 Å². The largest absolute Gasteiger partial charge is 0.359 e. The number of hydrogen-bond donors (Lipinski definition) is 3. The zero-order chi connectivity index (χ0) is 18.9. The first-order chi connectivity index (χ1) is 12.5. The highest BCUT2D eigenvalue weighted by Crippen LogP contribution is 2.13. The van der Waals surface area contributed by atoms with Crippen LogP contribution in [0.4, 0.5) is 5.82 Å². The molecule has 0 bridgehead atoms. The van der Waals surface area contributed by atoms with Crippen LogP contribution < -0.4 is 16.0 Å². The Morgan fingerprint density at radius 1 is 1.31 bits per heavy atom. The fraction of sp³-hybridized carbons (Fsp3) is 0.444. The molecule has 0 atom stereocenters. The Morgan fingerprint density at radius 3 is 2.77 bits per heavy atom. The summed E-state index contributed by atoms with van der Waals surface area (Å²) in [6.07, 6.45) is 0.302. The number of anilines is 1. The van der Waals surface area contributed by atoms with Crippen molar-refractivity contribution in [3.63, 3.8) is 0 Å². The maximum atomic E-state index is 12.0. The zero-order valence-electron chi connectivity index (χ0n) is 15.7. The van der Waals surface area contributed by atoms with E-state index in [0.29, 0.717) is 37.2 Å². The molecule has 140 valence electrons. The molecule has 2 aromatic rings. The van der Waals surface area contributed by atoms with E-state index in [1.165, 1.54) is 0 Å². The quantitative estimate of drug-likeness (QED) is 0.518. The Hall–Kier alpha value is -2.90. The summed E-state index contributed by atoms with van der Waals surface area (Å²) in [7, 11) is 1.67. The van der Waals surface area contributed by atoms with E-state index in [-0.39, 0.29) is 5.91 Å². The van der Waals surface area contributed by atoms with Crippen molar-refractivity contribution in [1.29, 1.82) is 0 Å². The number of carbonyl (C=O) groups is 1. The van der Waals surface area contributed by atoms with Gasteiger partial charge >= 0.3 is 0 Å². The molecule has 8 nitrogen and oxygen atoms in total. The lowest BCUT2D eigenvalue weighted by Crippen LogP contribution is -2.38. The molecule has 0 aromatic carbocycles. The third kappa shape index (κ3) is 6.19. The summed E-state index contributed by atoms with van der Waals surface area (Å²) < 4.78 is 5.27. The van der Waals surface area contributed by atoms with E-state index >= 15 is 0 Å². The standard InChI is InChI=1S/C18H26N6O2/c1-12(2)15-10-14(26-24-15)11-21-18(19-4)20-9-8-17(25)23-16-7-5-6-13(3)22-16/h5-7,10,12H,8-9,11H2,1-4H3,(H2,19,20,21)(H,22,23,25). The third-order valence-electron chi connectivity index (χ3n) is 3.62. The average Bonchev–Trinajstić information content (AvgIpc) is 3.07. The number of guanidine groups is 1. The normalized spacial score (nSPS) is 11.5. The van der Waals surface area contributed by atoms with Crippen molar-refractivity contribution < 1.29 is 9.32 Å². The van der Waals surface area contributed by atoms with Gasteiger partial charge in [0.1, 0.15) is 5.82 Å².